The van der Waals surface area contributed by atoms with Crippen molar-refractivity contribution in [3.05, 3.63) is 24.3 Å². The molecule has 2 rings (SSSR count). The van der Waals surface area contributed by atoms with E-state index in [1.165, 1.54) is 0 Å². The smallest absolute Gasteiger partial charge is 0.245 e. The number of sulfonamides is 1. The van der Waals surface area contributed by atoms with Crippen molar-refractivity contribution in [1.29, 1.82) is 0 Å². The second-order valence-electron chi connectivity index (χ2n) is 4.56. The SMILES string of the molecule is CNc1ccccc1S(=O)(=O)N1CCCCCC1. The number of anilines is 1. The fourth-order valence-electron chi connectivity index (χ4n) is 2.32. The number of hydrogen-bond acceptors (Lipinski definition) is 3. The van der Waals surface area contributed by atoms with Crippen LogP contribution in [0.1, 0.15) is 25.7 Å². The third kappa shape index (κ3) is 2.67. The summed E-state index contributed by atoms with van der Waals surface area (Å²) in [4.78, 5) is 0.384. The Balaban J connectivity index is 2.34. The second kappa shape index (κ2) is 5.71. The molecule has 1 heterocycles. The lowest BCUT2D eigenvalue weighted by Crippen LogP contribution is -2.32. The topological polar surface area (TPSA) is 49.4 Å². The van der Waals surface area contributed by atoms with Crippen molar-refractivity contribution < 1.29 is 8.42 Å². The number of benzene rings is 1. The molecule has 4 nitrogen and oxygen atoms in total. The standard InChI is InChI=1S/C13H20N2O2S/c1-14-12-8-4-5-9-13(12)18(16,17)15-10-6-2-3-7-11-15/h4-5,8-9,14H,2-3,6-7,10-11H2,1H3. The molecule has 0 amide bonds. The van der Waals surface area contributed by atoms with Crippen molar-refractivity contribution in [2.75, 3.05) is 25.5 Å². The number of rotatable bonds is 3. The van der Waals surface area contributed by atoms with Crippen LogP contribution in [0.2, 0.25) is 0 Å². The molecule has 0 aromatic heterocycles. The van der Waals surface area contributed by atoms with Gasteiger partial charge in [-0.15, -0.1) is 0 Å². The van der Waals surface area contributed by atoms with E-state index in [2.05, 4.69) is 5.32 Å². The quantitative estimate of drug-likeness (QED) is 0.915. The van der Waals surface area contributed by atoms with Gasteiger partial charge in [0.25, 0.3) is 0 Å². The van der Waals surface area contributed by atoms with Gasteiger partial charge in [0.1, 0.15) is 4.90 Å². The third-order valence-corrected chi connectivity index (χ3v) is 5.30. The van der Waals surface area contributed by atoms with Crippen LogP contribution in [0, 0.1) is 0 Å². The van der Waals surface area contributed by atoms with E-state index < -0.39 is 10.0 Å². The first-order valence-electron chi connectivity index (χ1n) is 6.43. The van der Waals surface area contributed by atoms with Crippen molar-refractivity contribution in [3.8, 4) is 0 Å². The summed E-state index contributed by atoms with van der Waals surface area (Å²) in [5.74, 6) is 0. The molecule has 0 saturated carbocycles. The van der Waals surface area contributed by atoms with E-state index in [4.69, 9.17) is 0 Å². The highest BCUT2D eigenvalue weighted by Gasteiger charge is 2.26. The lowest BCUT2D eigenvalue weighted by atomic mass is 10.2. The van der Waals surface area contributed by atoms with E-state index in [0.29, 0.717) is 23.7 Å². The number of para-hydroxylation sites is 1. The van der Waals surface area contributed by atoms with Gasteiger partial charge in [0.15, 0.2) is 0 Å². The van der Waals surface area contributed by atoms with Crippen LogP contribution >= 0.6 is 0 Å². The minimum absolute atomic E-state index is 0.384. The first kappa shape index (κ1) is 13.4. The number of nitrogens with one attached hydrogen (secondary N) is 1. The van der Waals surface area contributed by atoms with E-state index in [0.717, 1.165) is 25.7 Å². The van der Waals surface area contributed by atoms with E-state index >= 15 is 0 Å². The molecule has 0 radical (unpaired) electrons. The van der Waals surface area contributed by atoms with Gasteiger partial charge in [-0.25, -0.2) is 8.42 Å². The Morgan fingerprint density at radius 2 is 1.67 bits per heavy atom. The Morgan fingerprint density at radius 3 is 2.28 bits per heavy atom. The largest absolute Gasteiger partial charge is 0.387 e. The summed E-state index contributed by atoms with van der Waals surface area (Å²) in [6.45, 7) is 1.28. The molecule has 1 aliphatic rings. The van der Waals surface area contributed by atoms with Crippen LogP contribution in [0.5, 0.6) is 0 Å². The van der Waals surface area contributed by atoms with E-state index in [1.807, 2.05) is 6.07 Å². The van der Waals surface area contributed by atoms with Crippen LogP contribution in [0.25, 0.3) is 0 Å². The maximum atomic E-state index is 12.6. The van der Waals surface area contributed by atoms with E-state index in [-0.39, 0.29) is 0 Å². The molecule has 1 saturated heterocycles. The molecule has 0 spiro atoms. The van der Waals surface area contributed by atoms with Crippen LogP contribution in [0.3, 0.4) is 0 Å². The summed E-state index contributed by atoms with van der Waals surface area (Å²) in [7, 11) is -1.61. The summed E-state index contributed by atoms with van der Waals surface area (Å²) < 4.78 is 26.8. The average Bonchev–Trinajstić information content (AvgIpc) is 2.68. The summed E-state index contributed by atoms with van der Waals surface area (Å²) in [5, 5.41) is 2.95. The molecular formula is C13H20N2O2S. The third-order valence-electron chi connectivity index (χ3n) is 3.34. The molecule has 0 bridgehead atoms. The maximum Gasteiger partial charge on any atom is 0.245 e. The highest BCUT2D eigenvalue weighted by atomic mass is 32.2. The number of nitrogens with zero attached hydrogens (tertiary/aromatic N) is 1. The second-order valence-corrected chi connectivity index (χ2v) is 6.47. The van der Waals surface area contributed by atoms with Gasteiger partial charge in [-0.2, -0.15) is 4.31 Å². The molecule has 18 heavy (non-hydrogen) atoms. The molecule has 1 aliphatic heterocycles. The highest BCUT2D eigenvalue weighted by Crippen LogP contribution is 2.25. The van der Waals surface area contributed by atoms with Crippen LogP contribution < -0.4 is 5.32 Å². The van der Waals surface area contributed by atoms with Gasteiger partial charge >= 0.3 is 0 Å². The fraction of sp³-hybridized carbons (Fsp3) is 0.538. The molecule has 1 N–H and O–H groups in total. The maximum absolute atomic E-state index is 12.6. The Hall–Kier alpha value is -1.07. The highest BCUT2D eigenvalue weighted by molar-refractivity contribution is 7.89. The molecule has 0 unspecified atom stereocenters. The van der Waals surface area contributed by atoms with E-state index in [9.17, 15) is 8.42 Å². The Kier molecular flexibility index (Phi) is 4.24. The zero-order valence-corrected chi connectivity index (χ0v) is 11.5. The van der Waals surface area contributed by atoms with Gasteiger partial charge in [-0.05, 0) is 25.0 Å². The zero-order valence-electron chi connectivity index (χ0n) is 10.7. The van der Waals surface area contributed by atoms with Crippen molar-refractivity contribution in [2.45, 2.75) is 30.6 Å². The van der Waals surface area contributed by atoms with Gasteiger partial charge in [-0.1, -0.05) is 25.0 Å². The summed E-state index contributed by atoms with van der Waals surface area (Å²) in [6, 6.07) is 7.08. The van der Waals surface area contributed by atoms with Crippen molar-refractivity contribution in [3.63, 3.8) is 0 Å². The van der Waals surface area contributed by atoms with Crippen LogP contribution in [0.15, 0.2) is 29.2 Å². The first-order chi connectivity index (χ1) is 8.66. The fourth-order valence-corrected chi connectivity index (χ4v) is 4.03. The monoisotopic (exact) mass is 268 g/mol. The normalized spacial score (nSPS) is 18.3. The van der Waals surface area contributed by atoms with E-state index in [1.54, 1.807) is 29.6 Å². The van der Waals surface area contributed by atoms with Crippen LogP contribution in [0.4, 0.5) is 5.69 Å². The molecule has 5 heteroatoms. The van der Waals surface area contributed by atoms with Crippen molar-refractivity contribution in [1.82, 2.24) is 4.31 Å². The first-order valence-corrected chi connectivity index (χ1v) is 7.87. The van der Waals surface area contributed by atoms with Gasteiger partial charge in [0.05, 0.1) is 5.69 Å². The van der Waals surface area contributed by atoms with Gasteiger partial charge in [0, 0.05) is 20.1 Å². The van der Waals surface area contributed by atoms with Crippen molar-refractivity contribution in [2.24, 2.45) is 0 Å². The Morgan fingerprint density at radius 1 is 1.06 bits per heavy atom. The molecule has 1 aromatic rings. The molecule has 0 aliphatic carbocycles. The van der Waals surface area contributed by atoms with Crippen molar-refractivity contribution >= 4 is 15.7 Å². The summed E-state index contributed by atoms with van der Waals surface area (Å²) >= 11 is 0. The molecule has 100 valence electrons. The zero-order chi connectivity index (χ0) is 13.0. The lowest BCUT2D eigenvalue weighted by Gasteiger charge is -2.21. The summed E-state index contributed by atoms with van der Waals surface area (Å²) in [5.41, 5.74) is 0.668. The minimum atomic E-state index is -3.36. The predicted molar refractivity (Wildman–Crippen MR) is 73.2 cm³/mol. The van der Waals surface area contributed by atoms with Gasteiger partial charge in [-0.3, -0.25) is 0 Å². The predicted octanol–water partition coefficient (Wildman–Crippen LogP) is 2.29. The van der Waals surface area contributed by atoms with Crippen LogP contribution in [-0.2, 0) is 10.0 Å². The van der Waals surface area contributed by atoms with Gasteiger partial charge < -0.3 is 5.32 Å². The molecule has 1 fully saturated rings. The molecule has 0 atom stereocenters. The minimum Gasteiger partial charge on any atom is -0.387 e. The molecule has 1 aromatic carbocycles. The van der Waals surface area contributed by atoms with Gasteiger partial charge in [0.2, 0.25) is 10.0 Å². The summed E-state index contributed by atoms with van der Waals surface area (Å²) in [6.07, 6.45) is 4.17. The number of hydrogen-bond donors (Lipinski definition) is 1. The molecular weight excluding hydrogens is 248 g/mol. The van der Waals surface area contributed by atoms with Crippen LogP contribution in [-0.4, -0.2) is 32.9 Å². The lowest BCUT2D eigenvalue weighted by molar-refractivity contribution is 0.424. The average molecular weight is 268 g/mol. The Bertz CT molecular complexity index is 491. The Labute approximate surface area is 109 Å².